The zero-order valence-electron chi connectivity index (χ0n) is 15.5. The van der Waals surface area contributed by atoms with Gasteiger partial charge in [0.1, 0.15) is 0 Å². The number of amides is 1. The molecule has 3 rings (SSSR count). The molecule has 2 fully saturated rings. The fourth-order valence-corrected chi connectivity index (χ4v) is 4.31. The number of benzene rings is 1. The lowest BCUT2D eigenvalue weighted by molar-refractivity contribution is -0.118. The largest absolute Gasteiger partial charge is 0.378 e. The Hall–Kier alpha value is -0.720. The smallest absolute Gasteiger partial charge is 0.225 e. The van der Waals surface area contributed by atoms with Crippen molar-refractivity contribution in [1.82, 2.24) is 0 Å². The van der Waals surface area contributed by atoms with Gasteiger partial charge in [0.25, 0.3) is 0 Å². The zero-order valence-corrected chi connectivity index (χ0v) is 17.9. The van der Waals surface area contributed by atoms with E-state index in [2.05, 4.69) is 10.2 Å². The first-order chi connectivity index (χ1) is 12.1. The molecule has 1 aliphatic heterocycles. The van der Waals surface area contributed by atoms with Crippen molar-refractivity contribution in [3.63, 3.8) is 0 Å². The van der Waals surface area contributed by atoms with Crippen LogP contribution in [0.2, 0.25) is 5.02 Å². The van der Waals surface area contributed by atoms with Gasteiger partial charge < -0.3 is 20.7 Å². The summed E-state index contributed by atoms with van der Waals surface area (Å²) in [4.78, 5) is 14.9. The van der Waals surface area contributed by atoms with E-state index < -0.39 is 0 Å². The van der Waals surface area contributed by atoms with Gasteiger partial charge in [-0.25, -0.2) is 0 Å². The number of nitrogens with zero attached hydrogens (tertiary/aromatic N) is 1. The Morgan fingerprint density at radius 2 is 1.85 bits per heavy atom. The molecule has 1 aliphatic carbocycles. The van der Waals surface area contributed by atoms with Crippen LogP contribution in [-0.2, 0) is 9.53 Å². The second kappa shape index (κ2) is 11.3. The highest BCUT2D eigenvalue weighted by atomic mass is 35.5. The van der Waals surface area contributed by atoms with Crippen LogP contribution in [0.3, 0.4) is 0 Å². The Morgan fingerprint density at radius 1 is 1.19 bits per heavy atom. The molecule has 2 aliphatic rings. The lowest BCUT2D eigenvalue weighted by Gasteiger charge is -2.36. The number of halogens is 3. The quantitative estimate of drug-likeness (QED) is 0.721. The van der Waals surface area contributed by atoms with Gasteiger partial charge in [-0.15, -0.1) is 24.8 Å². The molecule has 0 atom stereocenters. The van der Waals surface area contributed by atoms with Crippen molar-refractivity contribution in [1.29, 1.82) is 0 Å². The fourth-order valence-electron chi connectivity index (χ4n) is 4.01. The summed E-state index contributed by atoms with van der Waals surface area (Å²) in [6.45, 7) is 3.48. The number of anilines is 2. The summed E-state index contributed by atoms with van der Waals surface area (Å²) in [7, 11) is 0. The number of carbonyl (C=O) groups is 1. The summed E-state index contributed by atoms with van der Waals surface area (Å²) >= 11 is 6.44. The lowest BCUT2D eigenvalue weighted by atomic mass is 9.71. The fraction of sp³-hybridized carbons (Fsp3) is 0.632. The van der Waals surface area contributed by atoms with Crippen molar-refractivity contribution in [2.45, 2.75) is 38.5 Å². The molecule has 0 bridgehead atoms. The molecular formula is C19H30Cl3N3O2. The maximum Gasteiger partial charge on any atom is 0.225 e. The molecule has 0 radical (unpaired) electrons. The van der Waals surface area contributed by atoms with Crippen LogP contribution in [0.15, 0.2) is 18.2 Å². The Balaban J connectivity index is 0.00000182. The molecule has 1 saturated carbocycles. The van der Waals surface area contributed by atoms with Crippen molar-refractivity contribution >= 4 is 53.7 Å². The first-order valence-electron chi connectivity index (χ1n) is 9.25. The van der Waals surface area contributed by atoms with E-state index in [0.29, 0.717) is 31.2 Å². The number of morpholine rings is 1. The number of hydrogen-bond acceptors (Lipinski definition) is 4. The summed E-state index contributed by atoms with van der Waals surface area (Å²) in [6.07, 6.45) is 6.16. The Labute approximate surface area is 179 Å². The third-order valence-electron chi connectivity index (χ3n) is 5.47. The van der Waals surface area contributed by atoms with Crippen LogP contribution >= 0.6 is 36.4 Å². The summed E-state index contributed by atoms with van der Waals surface area (Å²) in [5, 5.41) is 3.75. The monoisotopic (exact) mass is 437 g/mol. The minimum absolute atomic E-state index is 0. The summed E-state index contributed by atoms with van der Waals surface area (Å²) < 4.78 is 5.42. The van der Waals surface area contributed by atoms with Gasteiger partial charge >= 0.3 is 0 Å². The molecule has 27 heavy (non-hydrogen) atoms. The van der Waals surface area contributed by atoms with Crippen LogP contribution in [0, 0.1) is 5.41 Å². The van der Waals surface area contributed by atoms with Crippen molar-refractivity contribution in [3.8, 4) is 0 Å². The van der Waals surface area contributed by atoms with E-state index in [9.17, 15) is 4.79 Å². The van der Waals surface area contributed by atoms with Gasteiger partial charge in [0.2, 0.25) is 5.91 Å². The summed E-state index contributed by atoms with van der Waals surface area (Å²) in [5.74, 6) is 0.0316. The Bertz CT molecular complexity index is 604. The van der Waals surface area contributed by atoms with E-state index in [1.54, 1.807) is 0 Å². The molecule has 5 nitrogen and oxygen atoms in total. The number of ether oxygens (including phenoxy) is 1. The molecule has 3 N–H and O–H groups in total. The van der Waals surface area contributed by atoms with Crippen LogP contribution < -0.4 is 16.0 Å². The number of hydrogen-bond donors (Lipinski definition) is 2. The van der Waals surface area contributed by atoms with Crippen LogP contribution in [0.5, 0.6) is 0 Å². The highest BCUT2D eigenvalue weighted by Crippen LogP contribution is 2.39. The summed E-state index contributed by atoms with van der Waals surface area (Å²) in [5.41, 5.74) is 7.66. The van der Waals surface area contributed by atoms with Crippen LogP contribution in [-0.4, -0.2) is 38.8 Å². The van der Waals surface area contributed by atoms with Crippen molar-refractivity contribution in [3.05, 3.63) is 23.2 Å². The molecule has 1 aromatic carbocycles. The van der Waals surface area contributed by atoms with Gasteiger partial charge in [-0.3, -0.25) is 4.79 Å². The van der Waals surface area contributed by atoms with E-state index in [4.69, 9.17) is 22.1 Å². The maximum absolute atomic E-state index is 12.7. The van der Waals surface area contributed by atoms with Crippen LogP contribution in [0.4, 0.5) is 11.4 Å². The zero-order chi connectivity index (χ0) is 17.7. The van der Waals surface area contributed by atoms with Crippen LogP contribution in [0.25, 0.3) is 0 Å². The first-order valence-corrected chi connectivity index (χ1v) is 9.62. The number of para-hydroxylation sites is 1. The molecule has 0 aromatic heterocycles. The van der Waals surface area contributed by atoms with Crippen molar-refractivity contribution in [2.75, 3.05) is 43.1 Å². The molecule has 1 saturated heterocycles. The van der Waals surface area contributed by atoms with E-state index in [-0.39, 0.29) is 36.1 Å². The van der Waals surface area contributed by atoms with Crippen molar-refractivity contribution < 1.29 is 9.53 Å². The number of rotatable bonds is 5. The van der Waals surface area contributed by atoms with Gasteiger partial charge in [0.15, 0.2) is 0 Å². The topological polar surface area (TPSA) is 67.6 Å². The average molecular weight is 439 g/mol. The molecule has 1 aromatic rings. The normalized spacial score (nSPS) is 18.8. The minimum Gasteiger partial charge on any atom is -0.378 e. The molecule has 8 heteroatoms. The van der Waals surface area contributed by atoms with E-state index in [0.717, 1.165) is 37.3 Å². The van der Waals surface area contributed by atoms with E-state index in [1.807, 2.05) is 18.2 Å². The third kappa shape index (κ3) is 6.13. The average Bonchev–Trinajstić information content (AvgIpc) is 2.63. The molecular weight excluding hydrogens is 409 g/mol. The summed E-state index contributed by atoms with van der Waals surface area (Å²) in [6, 6.07) is 5.66. The van der Waals surface area contributed by atoms with Crippen LogP contribution in [0.1, 0.15) is 38.5 Å². The van der Waals surface area contributed by atoms with Gasteiger partial charge in [0.05, 0.1) is 29.6 Å². The van der Waals surface area contributed by atoms with Gasteiger partial charge in [0, 0.05) is 19.5 Å². The minimum atomic E-state index is -0.0416. The van der Waals surface area contributed by atoms with E-state index >= 15 is 0 Å². The standard InChI is InChI=1S/C19H28ClN3O2.2ClH/c20-15-5-4-6-16(18(15)23-9-11-25-12-10-23)22-17(24)13-19(14-21)7-2-1-3-8-19;;/h4-6H,1-3,7-14,21H2,(H,22,24);2*1H. The van der Waals surface area contributed by atoms with Gasteiger partial charge in [-0.05, 0) is 36.9 Å². The highest BCUT2D eigenvalue weighted by Gasteiger charge is 2.33. The Kier molecular flexibility index (Phi) is 10.2. The SMILES string of the molecule is Cl.Cl.NCC1(CC(=O)Nc2cccc(Cl)c2N2CCOCC2)CCCCC1. The first kappa shape index (κ1) is 24.3. The number of nitrogens with one attached hydrogen (secondary N) is 1. The lowest BCUT2D eigenvalue weighted by Crippen LogP contribution is -2.38. The number of carbonyl (C=O) groups excluding carboxylic acids is 1. The predicted octanol–water partition coefficient (Wildman–Crippen LogP) is 4.26. The molecule has 1 amide bonds. The maximum atomic E-state index is 12.7. The molecule has 1 heterocycles. The third-order valence-corrected chi connectivity index (χ3v) is 5.78. The van der Waals surface area contributed by atoms with E-state index in [1.165, 1.54) is 19.3 Å². The molecule has 154 valence electrons. The molecule has 0 spiro atoms. The van der Waals surface area contributed by atoms with Gasteiger partial charge in [-0.2, -0.15) is 0 Å². The Morgan fingerprint density at radius 3 is 2.48 bits per heavy atom. The second-order valence-electron chi connectivity index (χ2n) is 7.23. The molecule has 0 unspecified atom stereocenters. The highest BCUT2D eigenvalue weighted by molar-refractivity contribution is 6.34. The second-order valence-corrected chi connectivity index (χ2v) is 7.63. The number of nitrogens with two attached hydrogens (primary N) is 1. The van der Waals surface area contributed by atoms with Gasteiger partial charge in [-0.1, -0.05) is 36.9 Å². The predicted molar refractivity (Wildman–Crippen MR) is 117 cm³/mol. The van der Waals surface area contributed by atoms with Crippen molar-refractivity contribution in [2.24, 2.45) is 11.1 Å².